The molecule has 2 nitrogen and oxygen atoms in total. The lowest BCUT2D eigenvalue weighted by atomic mass is 9.68. The fourth-order valence-electron chi connectivity index (χ4n) is 2.97. The molecule has 1 aliphatic heterocycles. The first-order chi connectivity index (χ1) is 7.84. The zero-order valence-electron chi connectivity index (χ0n) is 11.1. The number of hydrogen-bond acceptors (Lipinski definition) is 2. The van der Waals surface area contributed by atoms with Gasteiger partial charge in [-0.2, -0.15) is 0 Å². The molecule has 3 heteroatoms. The van der Waals surface area contributed by atoms with Crippen LogP contribution in [0.25, 0.3) is 0 Å². The van der Waals surface area contributed by atoms with Crippen LogP contribution in [0.3, 0.4) is 0 Å². The molecule has 2 atom stereocenters. The lowest BCUT2D eigenvalue weighted by Gasteiger charge is -2.41. The Bertz CT molecular complexity index is 356. The first-order valence-electron chi connectivity index (χ1n) is 6.63. The van der Waals surface area contributed by atoms with E-state index in [2.05, 4.69) is 4.99 Å². The minimum atomic E-state index is -1.16. The second-order valence-electron chi connectivity index (χ2n) is 6.43. The van der Waals surface area contributed by atoms with E-state index in [4.69, 9.17) is 0 Å². The van der Waals surface area contributed by atoms with Crippen LogP contribution < -0.4 is 0 Å². The number of aliphatic imine (C=N–C) groups is 1. The Morgan fingerprint density at radius 1 is 1.35 bits per heavy atom. The second kappa shape index (κ2) is 4.18. The SMILES string of the molecule is CC(C)(C)C(=O)C1=NCCC2(F)CCCCC12. The van der Waals surface area contributed by atoms with Gasteiger partial charge in [0.1, 0.15) is 5.67 Å². The van der Waals surface area contributed by atoms with Crippen molar-refractivity contribution < 1.29 is 9.18 Å². The van der Waals surface area contributed by atoms with Crippen molar-refractivity contribution in [1.82, 2.24) is 0 Å². The minimum Gasteiger partial charge on any atom is -0.292 e. The predicted octanol–water partition coefficient (Wildman–Crippen LogP) is 3.34. The Hall–Kier alpha value is -0.730. The van der Waals surface area contributed by atoms with Crippen molar-refractivity contribution in [2.24, 2.45) is 16.3 Å². The summed E-state index contributed by atoms with van der Waals surface area (Å²) in [4.78, 5) is 16.7. The molecular formula is C14H22FNO. The maximum Gasteiger partial charge on any atom is 0.182 e. The summed E-state index contributed by atoms with van der Waals surface area (Å²) in [6.07, 6.45) is 3.86. The van der Waals surface area contributed by atoms with Crippen molar-refractivity contribution in [3.8, 4) is 0 Å². The number of carbonyl (C=O) groups excluding carboxylic acids is 1. The fourth-order valence-corrected chi connectivity index (χ4v) is 2.97. The molecule has 0 amide bonds. The molecule has 96 valence electrons. The third-order valence-corrected chi connectivity index (χ3v) is 4.01. The van der Waals surface area contributed by atoms with Crippen LogP contribution in [0.2, 0.25) is 0 Å². The first-order valence-corrected chi connectivity index (χ1v) is 6.63. The van der Waals surface area contributed by atoms with Crippen molar-refractivity contribution in [3.05, 3.63) is 0 Å². The summed E-state index contributed by atoms with van der Waals surface area (Å²) in [5.41, 5.74) is -1.07. The quantitative estimate of drug-likeness (QED) is 0.690. The molecule has 2 aliphatic rings. The normalized spacial score (nSPS) is 33.9. The van der Waals surface area contributed by atoms with Crippen molar-refractivity contribution in [2.45, 2.75) is 58.5 Å². The van der Waals surface area contributed by atoms with Crippen LogP contribution >= 0.6 is 0 Å². The Morgan fingerprint density at radius 3 is 2.71 bits per heavy atom. The number of ketones is 1. The van der Waals surface area contributed by atoms with E-state index in [1.54, 1.807) is 0 Å². The Balaban J connectivity index is 2.28. The van der Waals surface area contributed by atoms with E-state index in [1.807, 2.05) is 20.8 Å². The lowest BCUT2D eigenvalue weighted by Crippen LogP contribution is -2.49. The van der Waals surface area contributed by atoms with Gasteiger partial charge in [-0.3, -0.25) is 9.79 Å². The lowest BCUT2D eigenvalue weighted by molar-refractivity contribution is -0.120. The number of carbonyl (C=O) groups is 1. The molecule has 2 rings (SSSR count). The maximum atomic E-state index is 14.8. The van der Waals surface area contributed by atoms with Crippen molar-refractivity contribution in [3.63, 3.8) is 0 Å². The molecule has 0 spiro atoms. The molecule has 17 heavy (non-hydrogen) atoms. The van der Waals surface area contributed by atoms with Crippen LogP contribution in [-0.2, 0) is 4.79 Å². The highest BCUT2D eigenvalue weighted by molar-refractivity contribution is 6.42. The van der Waals surface area contributed by atoms with E-state index >= 15 is 0 Å². The van der Waals surface area contributed by atoms with Crippen molar-refractivity contribution in [1.29, 1.82) is 0 Å². The van der Waals surface area contributed by atoms with Gasteiger partial charge in [0.2, 0.25) is 0 Å². The average molecular weight is 239 g/mol. The number of halogens is 1. The van der Waals surface area contributed by atoms with E-state index in [1.165, 1.54) is 0 Å². The number of hydrogen-bond donors (Lipinski definition) is 0. The standard InChI is InChI=1S/C14H22FNO/c1-13(2,3)12(17)11-10-6-4-5-7-14(10,15)8-9-16-11/h10H,4-9H2,1-3H3. The molecule has 1 aliphatic carbocycles. The van der Waals surface area contributed by atoms with Crippen LogP contribution in [0.4, 0.5) is 4.39 Å². The first kappa shape index (κ1) is 12.7. The van der Waals surface area contributed by atoms with Gasteiger partial charge in [0, 0.05) is 24.3 Å². The molecule has 1 fully saturated rings. The van der Waals surface area contributed by atoms with Gasteiger partial charge in [-0.25, -0.2) is 4.39 Å². The Morgan fingerprint density at radius 2 is 2.06 bits per heavy atom. The molecule has 2 unspecified atom stereocenters. The van der Waals surface area contributed by atoms with Gasteiger partial charge in [0.05, 0.1) is 5.71 Å². The average Bonchev–Trinajstić information content (AvgIpc) is 2.25. The van der Waals surface area contributed by atoms with Gasteiger partial charge in [0.25, 0.3) is 0 Å². The molecule has 0 radical (unpaired) electrons. The number of rotatable bonds is 1. The molecular weight excluding hydrogens is 217 g/mol. The summed E-state index contributed by atoms with van der Waals surface area (Å²) in [5, 5.41) is 0. The number of Topliss-reactive ketones (excluding diaryl/α,β-unsaturated/α-hetero) is 1. The highest BCUT2D eigenvalue weighted by atomic mass is 19.1. The largest absolute Gasteiger partial charge is 0.292 e. The smallest absolute Gasteiger partial charge is 0.182 e. The van der Waals surface area contributed by atoms with Gasteiger partial charge in [-0.05, 0) is 12.8 Å². The number of fused-ring (bicyclic) bond motifs is 1. The maximum absolute atomic E-state index is 14.8. The molecule has 0 aromatic carbocycles. The third-order valence-electron chi connectivity index (χ3n) is 4.01. The summed E-state index contributed by atoms with van der Waals surface area (Å²) in [6.45, 7) is 6.13. The summed E-state index contributed by atoms with van der Waals surface area (Å²) in [7, 11) is 0. The zero-order chi connectivity index (χ0) is 12.7. The van der Waals surface area contributed by atoms with Gasteiger partial charge in [-0.15, -0.1) is 0 Å². The van der Waals surface area contributed by atoms with E-state index in [-0.39, 0.29) is 11.7 Å². The monoisotopic (exact) mass is 239 g/mol. The van der Waals surface area contributed by atoms with Crippen molar-refractivity contribution >= 4 is 11.5 Å². The van der Waals surface area contributed by atoms with Crippen LogP contribution in [0, 0.1) is 11.3 Å². The molecule has 0 N–H and O–H groups in total. The van der Waals surface area contributed by atoms with Crippen LogP contribution in [0.5, 0.6) is 0 Å². The van der Waals surface area contributed by atoms with Crippen LogP contribution in [0.15, 0.2) is 4.99 Å². The van der Waals surface area contributed by atoms with E-state index in [9.17, 15) is 9.18 Å². The molecule has 1 heterocycles. The number of nitrogens with zero attached hydrogens (tertiary/aromatic N) is 1. The summed E-state index contributed by atoms with van der Waals surface area (Å²) < 4.78 is 14.8. The Kier molecular flexibility index (Phi) is 3.13. The summed E-state index contributed by atoms with van der Waals surface area (Å²) >= 11 is 0. The van der Waals surface area contributed by atoms with Crippen molar-refractivity contribution in [2.75, 3.05) is 6.54 Å². The van der Waals surface area contributed by atoms with Gasteiger partial charge in [-0.1, -0.05) is 33.6 Å². The van der Waals surface area contributed by atoms with E-state index in [0.29, 0.717) is 25.1 Å². The van der Waals surface area contributed by atoms with Gasteiger partial charge in [0.15, 0.2) is 5.78 Å². The van der Waals surface area contributed by atoms with Gasteiger partial charge < -0.3 is 0 Å². The van der Waals surface area contributed by atoms with Crippen LogP contribution in [-0.4, -0.2) is 23.7 Å². The third kappa shape index (κ3) is 2.29. The fraction of sp³-hybridized carbons (Fsp3) is 0.857. The number of alkyl halides is 1. The highest BCUT2D eigenvalue weighted by Crippen LogP contribution is 2.43. The summed E-state index contributed by atoms with van der Waals surface area (Å²) in [5.74, 6) is -0.206. The topological polar surface area (TPSA) is 29.4 Å². The van der Waals surface area contributed by atoms with E-state index in [0.717, 1.165) is 19.3 Å². The van der Waals surface area contributed by atoms with Crippen LogP contribution in [0.1, 0.15) is 52.9 Å². The predicted molar refractivity (Wildman–Crippen MR) is 67.2 cm³/mol. The molecule has 1 saturated carbocycles. The molecule has 0 aromatic rings. The Labute approximate surface area is 103 Å². The summed E-state index contributed by atoms with van der Waals surface area (Å²) in [6, 6.07) is 0. The second-order valence-corrected chi connectivity index (χ2v) is 6.43. The molecule has 0 bridgehead atoms. The minimum absolute atomic E-state index is 0.0334. The van der Waals surface area contributed by atoms with E-state index < -0.39 is 11.1 Å². The van der Waals surface area contributed by atoms with Gasteiger partial charge >= 0.3 is 0 Å². The highest BCUT2D eigenvalue weighted by Gasteiger charge is 2.48. The molecule has 0 aromatic heterocycles. The zero-order valence-corrected chi connectivity index (χ0v) is 11.1. The molecule has 0 saturated heterocycles.